The molecule has 1 atom stereocenters. The Hall–Kier alpha value is -3.13. The van der Waals surface area contributed by atoms with Crippen LogP contribution in [-0.4, -0.2) is 13.0 Å². The van der Waals surface area contributed by atoms with Gasteiger partial charge in [0.05, 0.1) is 0 Å². The number of para-hydroxylation sites is 1. The van der Waals surface area contributed by atoms with Gasteiger partial charge in [0.1, 0.15) is 5.41 Å². The number of anilines is 1. The van der Waals surface area contributed by atoms with E-state index in [9.17, 15) is 4.79 Å². The van der Waals surface area contributed by atoms with Gasteiger partial charge in [-0.25, -0.2) is 0 Å². The van der Waals surface area contributed by atoms with Gasteiger partial charge in [-0.05, 0) is 34.7 Å². The van der Waals surface area contributed by atoms with Crippen LogP contribution < -0.4 is 4.90 Å². The van der Waals surface area contributed by atoms with Crippen molar-refractivity contribution in [1.29, 1.82) is 0 Å². The average molecular weight is 339 g/mol. The molecule has 0 saturated heterocycles. The molecule has 0 aromatic heterocycles. The number of allylic oxidation sites excluding steroid dienone is 1. The fourth-order valence-corrected chi connectivity index (χ4v) is 4.03. The van der Waals surface area contributed by atoms with Crippen molar-refractivity contribution in [3.63, 3.8) is 0 Å². The summed E-state index contributed by atoms with van der Waals surface area (Å²) in [5, 5.41) is 0. The number of amides is 1. The van der Waals surface area contributed by atoms with Crippen LogP contribution in [-0.2, 0) is 10.2 Å². The molecule has 0 radical (unpaired) electrons. The molecule has 2 nitrogen and oxygen atoms in total. The zero-order valence-electron chi connectivity index (χ0n) is 14.9. The zero-order chi connectivity index (χ0) is 18.1. The van der Waals surface area contributed by atoms with Crippen LogP contribution >= 0.6 is 0 Å². The van der Waals surface area contributed by atoms with Gasteiger partial charge in [-0.15, -0.1) is 6.58 Å². The lowest BCUT2D eigenvalue weighted by Gasteiger charge is -2.28. The third kappa shape index (κ3) is 2.30. The predicted octanol–water partition coefficient (Wildman–Crippen LogP) is 5.19. The second-order valence-corrected chi connectivity index (χ2v) is 6.72. The first-order valence-corrected chi connectivity index (χ1v) is 8.83. The monoisotopic (exact) mass is 339 g/mol. The van der Waals surface area contributed by atoms with Crippen molar-refractivity contribution in [2.75, 3.05) is 11.9 Å². The van der Waals surface area contributed by atoms with E-state index in [4.69, 9.17) is 0 Å². The number of fused-ring (bicyclic) bond motifs is 1. The number of hydrogen-bond acceptors (Lipinski definition) is 1. The smallest absolute Gasteiger partial charge is 0.242 e. The van der Waals surface area contributed by atoms with Crippen LogP contribution in [0.15, 0.2) is 91.5 Å². The van der Waals surface area contributed by atoms with Gasteiger partial charge < -0.3 is 4.90 Å². The molecule has 3 aromatic rings. The molecule has 3 aromatic carbocycles. The van der Waals surface area contributed by atoms with Gasteiger partial charge in [0.25, 0.3) is 0 Å². The SMILES string of the molecule is C=CC[C@@]1(c2ccc(-c3ccccc3)cc2)C(=O)N(C)c2ccccc21. The van der Waals surface area contributed by atoms with Gasteiger partial charge in [0.15, 0.2) is 0 Å². The number of likely N-dealkylation sites (N-methyl/N-ethyl adjacent to an activating group) is 1. The molecule has 0 aliphatic carbocycles. The first-order chi connectivity index (χ1) is 12.7. The van der Waals surface area contributed by atoms with Crippen molar-refractivity contribution in [2.24, 2.45) is 0 Å². The molecule has 4 rings (SSSR count). The third-order valence-electron chi connectivity index (χ3n) is 5.33. The summed E-state index contributed by atoms with van der Waals surface area (Å²) in [5.74, 6) is 0.103. The molecular formula is C24H21NO. The van der Waals surface area contributed by atoms with Crippen molar-refractivity contribution in [3.05, 3.63) is 103 Å². The van der Waals surface area contributed by atoms with Gasteiger partial charge in [-0.2, -0.15) is 0 Å². The highest BCUT2D eigenvalue weighted by Gasteiger charge is 2.49. The van der Waals surface area contributed by atoms with E-state index < -0.39 is 5.41 Å². The highest BCUT2D eigenvalue weighted by atomic mass is 16.2. The second-order valence-electron chi connectivity index (χ2n) is 6.72. The van der Waals surface area contributed by atoms with Crippen LogP contribution in [0.2, 0.25) is 0 Å². The maximum absolute atomic E-state index is 13.3. The standard InChI is InChI=1S/C24H21NO/c1-3-17-24(21-11-7-8-12-22(21)25(2)23(24)26)20-15-13-19(14-16-20)18-9-5-4-6-10-18/h3-16H,1,17H2,2H3/t24-/m0/s1. The maximum Gasteiger partial charge on any atom is 0.242 e. The normalized spacial score (nSPS) is 18.7. The molecule has 1 heterocycles. The Kier molecular flexibility index (Phi) is 3.96. The molecule has 2 heteroatoms. The molecule has 1 aliphatic rings. The molecule has 1 amide bonds. The first-order valence-electron chi connectivity index (χ1n) is 8.83. The number of nitrogens with zero attached hydrogens (tertiary/aromatic N) is 1. The Labute approximate surface area is 154 Å². The molecule has 128 valence electrons. The topological polar surface area (TPSA) is 20.3 Å². The summed E-state index contributed by atoms with van der Waals surface area (Å²) >= 11 is 0. The molecule has 0 fully saturated rings. The van der Waals surface area contributed by atoms with E-state index in [-0.39, 0.29) is 5.91 Å². The van der Waals surface area contributed by atoms with Crippen molar-refractivity contribution >= 4 is 11.6 Å². The van der Waals surface area contributed by atoms with Crippen LogP contribution in [0, 0.1) is 0 Å². The van der Waals surface area contributed by atoms with Crippen molar-refractivity contribution in [2.45, 2.75) is 11.8 Å². The Morgan fingerprint density at radius 2 is 1.50 bits per heavy atom. The molecule has 1 aliphatic heterocycles. The average Bonchev–Trinajstić information content (AvgIpc) is 2.92. The first kappa shape index (κ1) is 16.3. The molecule has 0 unspecified atom stereocenters. The Bertz CT molecular complexity index is 959. The van der Waals surface area contributed by atoms with Gasteiger partial charge in [0, 0.05) is 12.7 Å². The van der Waals surface area contributed by atoms with Crippen molar-refractivity contribution < 1.29 is 4.79 Å². The molecule has 0 saturated carbocycles. The van der Waals surface area contributed by atoms with Gasteiger partial charge in [-0.1, -0.05) is 78.9 Å². The third-order valence-corrected chi connectivity index (χ3v) is 5.33. The number of benzene rings is 3. The van der Waals surface area contributed by atoms with E-state index in [0.29, 0.717) is 6.42 Å². The van der Waals surface area contributed by atoms with Gasteiger partial charge >= 0.3 is 0 Å². The van der Waals surface area contributed by atoms with Gasteiger partial charge in [-0.3, -0.25) is 4.79 Å². The second kappa shape index (κ2) is 6.30. The molecule has 0 spiro atoms. The van der Waals surface area contributed by atoms with Crippen LogP contribution in [0.5, 0.6) is 0 Å². The number of carbonyl (C=O) groups excluding carboxylic acids is 1. The summed E-state index contributed by atoms with van der Waals surface area (Å²) in [6.45, 7) is 3.92. The minimum absolute atomic E-state index is 0.103. The minimum atomic E-state index is -0.692. The van der Waals surface area contributed by atoms with Crippen molar-refractivity contribution in [1.82, 2.24) is 0 Å². The van der Waals surface area contributed by atoms with E-state index in [1.54, 1.807) is 4.90 Å². The van der Waals surface area contributed by atoms with E-state index >= 15 is 0 Å². The van der Waals surface area contributed by atoms with Gasteiger partial charge in [0.2, 0.25) is 5.91 Å². The van der Waals surface area contributed by atoms with E-state index in [0.717, 1.165) is 22.4 Å². The Balaban J connectivity index is 1.86. The zero-order valence-corrected chi connectivity index (χ0v) is 14.9. The summed E-state index contributed by atoms with van der Waals surface area (Å²) < 4.78 is 0. The summed E-state index contributed by atoms with van der Waals surface area (Å²) in [5.41, 5.74) is 4.68. The summed E-state index contributed by atoms with van der Waals surface area (Å²) in [6.07, 6.45) is 2.43. The molecule has 0 N–H and O–H groups in total. The summed E-state index contributed by atoms with van der Waals surface area (Å²) in [4.78, 5) is 15.1. The van der Waals surface area contributed by atoms with Crippen LogP contribution in [0.3, 0.4) is 0 Å². The van der Waals surface area contributed by atoms with E-state index in [1.165, 1.54) is 5.56 Å². The molecule has 0 bridgehead atoms. The summed E-state index contributed by atoms with van der Waals surface area (Å²) in [7, 11) is 1.85. The number of hydrogen-bond donors (Lipinski definition) is 0. The van der Waals surface area contributed by atoms with Crippen molar-refractivity contribution in [3.8, 4) is 11.1 Å². The highest BCUT2D eigenvalue weighted by Crippen LogP contribution is 2.48. The fraction of sp³-hybridized carbons (Fsp3) is 0.125. The predicted molar refractivity (Wildman–Crippen MR) is 107 cm³/mol. The van der Waals surface area contributed by atoms with Crippen LogP contribution in [0.25, 0.3) is 11.1 Å². The molecular weight excluding hydrogens is 318 g/mol. The van der Waals surface area contributed by atoms with Crippen LogP contribution in [0.1, 0.15) is 17.5 Å². The number of carbonyl (C=O) groups is 1. The maximum atomic E-state index is 13.3. The molecule has 26 heavy (non-hydrogen) atoms. The van der Waals surface area contributed by atoms with E-state index in [2.05, 4.69) is 49.0 Å². The van der Waals surface area contributed by atoms with E-state index in [1.807, 2.05) is 49.5 Å². The Morgan fingerprint density at radius 1 is 0.885 bits per heavy atom. The van der Waals surface area contributed by atoms with Crippen LogP contribution in [0.4, 0.5) is 5.69 Å². The Morgan fingerprint density at radius 3 is 2.19 bits per heavy atom. The number of rotatable bonds is 4. The lowest BCUT2D eigenvalue weighted by Crippen LogP contribution is -2.39. The fourth-order valence-electron chi connectivity index (χ4n) is 4.03. The lowest BCUT2D eigenvalue weighted by molar-refractivity contribution is -0.121. The summed E-state index contributed by atoms with van der Waals surface area (Å²) in [6, 6.07) is 26.7. The highest BCUT2D eigenvalue weighted by molar-refractivity contribution is 6.10. The quantitative estimate of drug-likeness (QED) is 0.599. The lowest BCUT2D eigenvalue weighted by atomic mass is 9.72. The largest absolute Gasteiger partial charge is 0.314 e. The minimum Gasteiger partial charge on any atom is -0.314 e.